The van der Waals surface area contributed by atoms with Crippen molar-refractivity contribution in [3.63, 3.8) is 0 Å². The van der Waals surface area contributed by atoms with Crippen LogP contribution in [0.5, 0.6) is 5.75 Å². The Balaban J connectivity index is 0.00000220. The van der Waals surface area contributed by atoms with E-state index < -0.39 is 6.10 Å². The number of rotatable bonds is 4. The fraction of sp³-hybridized carbons (Fsp3) is 0.562. The number of hydrogen-bond acceptors (Lipinski definition) is 3. The van der Waals surface area contributed by atoms with Crippen LogP contribution in [0.2, 0.25) is 0 Å². The molecule has 21 heavy (non-hydrogen) atoms. The lowest BCUT2D eigenvalue weighted by Crippen LogP contribution is -2.49. The van der Waals surface area contributed by atoms with Crippen LogP contribution in [0.15, 0.2) is 24.3 Å². The van der Waals surface area contributed by atoms with Gasteiger partial charge in [-0.1, -0.05) is 12.1 Å². The molecule has 0 bridgehead atoms. The summed E-state index contributed by atoms with van der Waals surface area (Å²) in [6.45, 7) is 6.90. The summed E-state index contributed by atoms with van der Waals surface area (Å²) in [5.74, 6) is 0.705. The van der Waals surface area contributed by atoms with Crippen molar-refractivity contribution in [3.05, 3.63) is 29.8 Å². The van der Waals surface area contributed by atoms with Gasteiger partial charge in [0.25, 0.3) is 5.91 Å². The zero-order chi connectivity index (χ0) is 14.5. The minimum absolute atomic E-state index is 0. The maximum Gasteiger partial charge on any atom is 0.260 e. The Kier molecular flexibility index (Phi) is 6.99. The molecule has 0 saturated carbocycles. The third-order valence-corrected chi connectivity index (χ3v) is 3.64. The predicted octanol–water partition coefficient (Wildman–Crippen LogP) is 2.44. The fourth-order valence-corrected chi connectivity index (χ4v) is 2.53. The van der Waals surface area contributed by atoms with Gasteiger partial charge in [0.1, 0.15) is 5.75 Å². The molecule has 1 aromatic rings. The topological polar surface area (TPSA) is 50.4 Å². The second kappa shape index (κ2) is 8.25. The number of amides is 1. The van der Waals surface area contributed by atoms with Crippen molar-refractivity contribution in [1.29, 1.82) is 0 Å². The monoisotopic (exact) mass is 312 g/mol. The second-order valence-corrected chi connectivity index (χ2v) is 5.66. The molecular formula is C16H25ClN2O2. The molecule has 0 aromatic heterocycles. The number of hydrogen-bond donors (Lipinski definition) is 2. The molecule has 3 atom stereocenters. The van der Waals surface area contributed by atoms with Gasteiger partial charge in [-0.2, -0.15) is 0 Å². The lowest BCUT2D eigenvalue weighted by molar-refractivity contribution is -0.128. The van der Waals surface area contributed by atoms with Crippen molar-refractivity contribution in [2.24, 2.45) is 0 Å². The summed E-state index contributed by atoms with van der Waals surface area (Å²) in [6, 6.07) is 8.47. The number of carbonyl (C=O) groups is 1. The van der Waals surface area contributed by atoms with E-state index in [1.165, 1.54) is 0 Å². The van der Waals surface area contributed by atoms with Gasteiger partial charge >= 0.3 is 0 Å². The summed E-state index contributed by atoms with van der Waals surface area (Å²) >= 11 is 0. The Hall–Kier alpha value is -1.26. The molecule has 118 valence electrons. The van der Waals surface area contributed by atoms with E-state index in [2.05, 4.69) is 17.6 Å². The Morgan fingerprint density at radius 1 is 1.48 bits per heavy atom. The Labute approximate surface area is 133 Å². The van der Waals surface area contributed by atoms with Crippen LogP contribution in [0, 0.1) is 6.92 Å². The molecule has 1 aliphatic rings. The molecule has 1 saturated heterocycles. The summed E-state index contributed by atoms with van der Waals surface area (Å²) in [5.41, 5.74) is 1.13. The maximum atomic E-state index is 12.2. The summed E-state index contributed by atoms with van der Waals surface area (Å²) in [6.07, 6.45) is 1.48. The van der Waals surface area contributed by atoms with Gasteiger partial charge in [0.2, 0.25) is 0 Å². The molecule has 1 aromatic carbocycles. The van der Waals surface area contributed by atoms with E-state index in [0.717, 1.165) is 30.7 Å². The number of ether oxygens (including phenoxy) is 1. The van der Waals surface area contributed by atoms with E-state index in [4.69, 9.17) is 4.74 Å². The summed E-state index contributed by atoms with van der Waals surface area (Å²) in [4.78, 5) is 12.2. The average Bonchev–Trinajstić information content (AvgIpc) is 2.38. The third-order valence-electron chi connectivity index (χ3n) is 3.64. The lowest BCUT2D eigenvalue weighted by Gasteiger charge is -2.29. The molecule has 3 unspecified atom stereocenters. The van der Waals surface area contributed by atoms with E-state index >= 15 is 0 Å². The minimum atomic E-state index is -0.470. The maximum absolute atomic E-state index is 12.2. The number of aryl methyl sites for hydroxylation is 1. The van der Waals surface area contributed by atoms with E-state index in [1.54, 1.807) is 6.92 Å². The van der Waals surface area contributed by atoms with E-state index in [1.807, 2.05) is 31.2 Å². The molecule has 2 rings (SSSR count). The first-order valence-electron chi connectivity index (χ1n) is 7.31. The quantitative estimate of drug-likeness (QED) is 0.898. The molecular weight excluding hydrogens is 288 g/mol. The highest BCUT2D eigenvalue weighted by Crippen LogP contribution is 2.15. The number of benzene rings is 1. The second-order valence-electron chi connectivity index (χ2n) is 5.66. The van der Waals surface area contributed by atoms with Crippen molar-refractivity contribution in [1.82, 2.24) is 10.6 Å². The van der Waals surface area contributed by atoms with Crippen LogP contribution in [0.3, 0.4) is 0 Å². The average molecular weight is 313 g/mol. The van der Waals surface area contributed by atoms with Crippen molar-refractivity contribution in [2.75, 3.05) is 6.54 Å². The van der Waals surface area contributed by atoms with Gasteiger partial charge in [0, 0.05) is 12.1 Å². The van der Waals surface area contributed by atoms with Crippen molar-refractivity contribution in [3.8, 4) is 5.75 Å². The Morgan fingerprint density at radius 2 is 2.24 bits per heavy atom. The number of carbonyl (C=O) groups excluding carboxylic acids is 1. The van der Waals surface area contributed by atoms with Gasteiger partial charge in [0.05, 0.1) is 0 Å². The van der Waals surface area contributed by atoms with Crippen molar-refractivity contribution >= 4 is 18.3 Å². The predicted molar refractivity (Wildman–Crippen MR) is 87.1 cm³/mol. The molecule has 2 N–H and O–H groups in total. The standard InChI is InChI=1S/C16H24N2O2.ClH/c1-11-5-4-6-15(9-11)20-13(3)16(19)18-14-7-8-17-12(2)10-14;/h4-6,9,12-14,17H,7-8,10H2,1-3H3,(H,18,19);1H. The largest absolute Gasteiger partial charge is 0.481 e. The smallest absolute Gasteiger partial charge is 0.260 e. The first-order valence-corrected chi connectivity index (χ1v) is 7.31. The van der Waals surface area contributed by atoms with Crippen molar-refractivity contribution in [2.45, 2.75) is 51.8 Å². The zero-order valence-electron chi connectivity index (χ0n) is 12.9. The molecule has 4 nitrogen and oxygen atoms in total. The normalized spacial score (nSPS) is 22.8. The number of nitrogens with one attached hydrogen (secondary N) is 2. The first kappa shape index (κ1) is 17.8. The van der Waals surface area contributed by atoms with Gasteiger partial charge < -0.3 is 15.4 Å². The van der Waals surface area contributed by atoms with Crippen LogP contribution in [-0.2, 0) is 4.79 Å². The van der Waals surface area contributed by atoms with Gasteiger partial charge in [-0.25, -0.2) is 0 Å². The Morgan fingerprint density at radius 3 is 2.90 bits per heavy atom. The van der Waals surface area contributed by atoms with E-state index in [9.17, 15) is 4.79 Å². The van der Waals surface area contributed by atoms with Crippen molar-refractivity contribution < 1.29 is 9.53 Å². The summed E-state index contributed by atoms with van der Waals surface area (Å²) in [5, 5.41) is 6.46. The zero-order valence-corrected chi connectivity index (χ0v) is 13.7. The van der Waals surface area contributed by atoms with Crippen LogP contribution >= 0.6 is 12.4 Å². The fourth-order valence-electron chi connectivity index (χ4n) is 2.53. The van der Waals surface area contributed by atoms with Gasteiger partial charge in [-0.05, 0) is 57.9 Å². The molecule has 1 heterocycles. The van der Waals surface area contributed by atoms with Crippen LogP contribution < -0.4 is 15.4 Å². The molecule has 0 radical (unpaired) electrons. The summed E-state index contributed by atoms with van der Waals surface area (Å²) in [7, 11) is 0. The van der Waals surface area contributed by atoms with Crippen LogP contribution in [0.4, 0.5) is 0 Å². The molecule has 0 aliphatic carbocycles. The lowest BCUT2D eigenvalue weighted by atomic mass is 10.0. The molecule has 0 spiro atoms. The highest BCUT2D eigenvalue weighted by atomic mass is 35.5. The van der Waals surface area contributed by atoms with Gasteiger partial charge in [-0.15, -0.1) is 12.4 Å². The number of piperidine rings is 1. The van der Waals surface area contributed by atoms with E-state index in [0.29, 0.717) is 6.04 Å². The SMILES string of the molecule is Cc1cccc(OC(C)C(=O)NC2CCNC(C)C2)c1.Cl. The molecule has 5 heteroatoms. The van der Waals surface area contributed by atoms with Crippen LogP contribution in [0.25, 0.3) is 0 Å². The highest BCUT2D eigenvalue weighted by molar-refractivity contribution is 5.85. The van der Waals surface area contributed by atoms with Gasteiger partial charge in [-0.3, -0.25) is 4.79 Å². The van der Waals surface area contributed by atoms with Gasteiger partial charge in [0.15, 0.2) is 6.10 Å². The van der Waals surface area contributed by atoms with Crippen LogP contribution in [0.1, 0.15) is 32.3 Å². The Bertz CT molecular complexity index is 467. The highest BCUT2D eigenvalue weighted by Gasteiger charge is 2.23. The molecule has 1 amide bonds. The van der Waals surface area contributed by atoms with Crippen LogP contribution in [-0.4, -0.2) is 30.6 Å². The molecule has 1 aliphatic heterocycles. The van der Waals surface area contributed by atoms with E-state index in [-0.39, 0.29) is 24.4 Å². The first-order chi connectivity index (χ1) is 9.54. The number of halogens is 1. The third kappa shape index (κ3) is 5.56. The minimum Gasteiger partial charge on any atom is -0.481 e. The molecule has 1 fully saturated rings. The summed E-state index contributed by atoms with van der Waals surface area (Å²) < 4.78 is 5.70.